The van der Waals surface area contributed by atoms with Crippen molar-refractivity contribution in [2.45, 2.75) is 11.8 Å². The van der Waals surface area contributed by atoms with Crippen LogP contribution in [0.3, 0.4) is 0 Å². The van der Waals surface area contributed by atoms with Crippen molar-refractivity contribution in [3.63, 3.8) is 0 Å². The Hall–Kier alpha value is -2.29. The van der Waals surface area contributed by atoms with Crippen LogP contribution in [-0.4, -0.2) is 62.9 Å². The Labute approximate surface area is 185 Å². The molecule has 0 N–H and O–H groups in total. The minimum absolute atomic E-state index is 0.0677. The number of aromatic nitrogens is 1. The van der Waals surface area contributed by atoms with Gasteiger partial charge in [-0.1, -0.05) is 18.3 Å². The van der Waals surface area contributed by atoms with Crippen LogP contribution in [0.4, 0.5) is 5.13 Å². The van der Waals surface area contributed by atoms with Crippen LogP contribution in [0.1, 0.15) is 17.3 Å². The van der Waals surface area contributed by atoms with Gasteiger partial charge in [-0.3, -0.25) is 9.69 Å². The Morgan fingerprint density at radius 3 is 2.30 bits per heavy atom. The summed E-state index contributed by atoms with van der Waals surface area (Å²) >= 11 is 3.19. The van der Waals surface area contributed by atoms with Gasteiger partial charge < -0.3 is 14.4 Å². The number of hydrogen-bond acceptors (Lipinski definition) is 7. The summed E-state index contributed by atoms with van der Waals surface area (Å²) in [6.45, 7) is 3.36. The summed E-state index contributed by atoms with van der Waals surface area (Å²) in [5.41, 5.74) is 1.35. The molecule has 0 aliphatic rings. The van der Waals surface area contributed by atoms with E-state index in [2.05, 4.69) is 11.8 Å². The molecule has 1 aromatic heterocycles. The minimum atomic E-state index is -0.0677. The molecule has 8 heteroatoms. The van der Waals surface area contributed by atoms with Crippen LogP contribution in [-0.2, 0) is 0 Å². The highest BCUT2D eigenvalue weighted by Crippen LogP contribution is 2.40. The fourth-order valence-corrected chi connectivity index (χ4v) is 4.75. The molecule has 0 aliphatic heterocycles. The third-order valence-corrected chi connectivity index (χ3v) is 6.55. The van der Waals surface area contributed by atoms with E-state index >= 15 is 0 Å². The van der Waals surface area contributed by atoms with Crippen molar-refractivity contribution in [1.82, 2.24) is 9.88 Å². The van der Waals surface area contributed by atoms with E-state index in [0.717, 1.165) is 27.6 Å². The highest BCUT2D eigenvalue weighted by atomic mass is 32.2. The summed E-state index contributed by atoms with van der Waals surface area (Å²) in [6, 6.07) is 11.5. The van der Waals surface area contributed by atoms with E-state index in [0.29, 0.717) is 28.5 Å². The lowest BCUT2D eigenvalue weighted by Gasteiger charge is -2.22. The van der Waals surface area contributed by atoms with Gasteiger partial charge in [-0.05, 0) is 56.2 Å². The van der Waals surface area contributed by atoms with Gasteiger partial charge in [-0.2, -0.15) is 0 Å². The molecule has 0 aliphatic carbocycles. The van der Waals surface area contributed by atoms with E-state index in [-0.39, 0.29) is 5.91 Å². The average molecular weight is 446 g/mol. The smallest absolute Gasteiger partial charge is 0.260 e. The van der Waals surface area contributed by atoms with Crippen LogP contribution in [0.2, 0.25) is 0 Å². The molecule has 0 unspecified atom stereocenters. The molecule has 1 heterocycles. The Morgan fingerprint density at radius 1 is 1.03 bits per heavy atom. The average Bonchev–Trinajstić information content (AvgIpc) is 3.18. The molecule has 0 atom stereocenters. The molecule has 2 aromatic carbocycles. The third-order valence-electron chi connectivity index (χ3n) is 4.56. The lowest BCUT2D eigenvalue weighted by molar-refractivity contribution is 0.0985. The molecular formula is C22H27N3O3S2. The van der Waals surface area contributed by atoms with Crippen LogP contribution < -0.4 is 14.4 Å². The predicted molar refractivity (Wildman–Crippen MR) is 126 cm³/mol. The summed E-state index contributed by atoms with van der Waals surface area (Å²) in [4.78, 5) is 23.1. The van der Waals surface area contributed by atoms with Crippen molar-refractivity contribution < 1.29 is 14.3 Å². The number of carbonyl (C=O) groups excluding carboxylic acids is 1. The summed E-state index contributed by atoms with van der Waals surface area (Å²) in [6.07, 6.45) is 0. The first-order valence-electron chi connectivity index (χ1n) is 9.69. The zero-order chi connectivity index (χ0) is 21.7. The number of nitrogens with zero attached hydrogens (tertiary/aromatic N) is 3. The van der Waals surface area contributed by atoms with Gasteiger partial charge >= 0.3 is 0 Å². The van der Waals surface area contributed by atoms with E-state index < -0.39 is 0 Å². The first-order valence-corrected chi connectivity index (χ1v) is 11.5. The largest absolute Gasteiger partial charge is 0.495 e. The summed E-state index contributed by atoms with van der Waals surface area (Å²) in [5.74, 6) is 2.31. The number of amides is 1. The molecular weight excluding hydrogens is 418 g/mol. The maximum atomic E-state index is 13.4. The SMILES string of the molecule is CCSc1ccc(C(=O)N(CCN(C)C)c2nc3c(OC)ccc(OC)c3s2)cc1. The van der Waals surface area contributed by atoms with Gasteiger partial charge in [0.05, 0.1) is 14.2 Å². The van der Waals surface area contributed by atoms with Crippen molar-refractivity contribution in [2.75, 3.05) is 52.1 Å². The van der Waals surface area contributed by atoms with Crippen molar-refractivity contribution in [3.05, 3.63) is 42.0 Å². The summed E-state index contributed by atoms with van der Waals surface area (Å²) < 4.78 is 11.8. The number of benzene rings is 2. The number of thiazole rings is 1. The first kappa shape index (κ1) is 22.4. The topological polar surface area (TPSA) is 54.9 Å². The molecule has 3 rings (SSSR count). The van der Waals surface area contributed by atoms with Gasteiger partial charge in [-0.25, -0.2) is 4.98 Å². The lowest BCUT2D eigenvalue weighted by atomic mass is 10.2. The van der Waals surface area contributed by atoms with Crippen LogP contribution >= 0.6 is 23.1 Å². The molecule has 0 spiro atoms. The number of fused-ring (bicyclic) bond motifs is 1. The van der Waals surface area contributed by atoms with E-state index in [4.69, 9.17) is 14.5 Å². The highest BCUT2D eigenvalue weighted by molar-refractivity contribution is 7.99. The Morgan fingerprint density at radius 2 is 1.70 bits per heavy atom. The van der Waals surface area contributed by atoms with Crippen LogP contribution in [0.25, 0.3) is 10.2 Å². The van der Waals surface area contributed by atoms with Crippen LogP contribution in [0, 0.1) is 0 Å². The number of anilines is 1. The van der Waals surface area contributed by atoms with E-state index in [1.807, 2.05) is 50.5 Å². The maximum absolute atomic E-state index is 13.4. The molecule has 0 radical (unpaired) electrons. The minimum Gasteiger partial charge on any atom is -0.495 e. The first-order chi connectivity index (χ1) is 14.5. The Bertz CT molecular complexity index is 962. The monoisotopic (exact) mass is 445 g/mol. The second-order valence-corrected chi connectivity index (χ2v) is 9.18. The molecule has 0 bridgehead atoms. The second kappa shape index (κ2) is 10.1. The zero-order valence-electron chi connectivity index (χ0n) is 18.0. The highest BCUT2D eigenvalue weighted by Gasteiger charge is 2.23. The summed E-state index contributed by atoms with van der Waals surface area (Å²) in [7, 11) is 7.23. The standard InChI is InChI=1S/C22H27N3O3S2/c1-6-29-16-9-7-15(8-10-16)21(26)25(14-13-24(2)3)22-23-19-17(27-4)11-12-18(28-5)20(19)30-22/h7-12H,6,13-14H2,1-5H3. The molecule has 0 saturated heterocycles. The normalized spacial score (nSPS) is 11.1. The van der Waals surface area contributed by atoms with Gasteiger partial charge in [0.2, 0.25) is 0 Å². The quantitative estimate of drug-likeness (QED) is 0.448. The Balaban J connectivity index is 2.01. The molecule has 160 valence electrons. The number of ether oxygens (including phenoxy) is 2. The number of thioether (sulfide) groups is 1. The van der Waals surface area contributed by atoms with Gasteiger partial charge in [0.1, 0.15) is 21.7 Å². The van der Waals surface area contributed by atoms with Crippen molar-refractivity contribution in [2.24, 2.45) is 0 Å². The second-order valence-electron chi connectivity index (χ2n) is 6.86. The van der Waals surface area contributed by atoms with Gasteiger partial charge in [0.15, 0.2) is 5.13 Å². The van der Waals surface area contributed by atoms with E-state index in [1.54, 1.807) is 30.9 Å². The number of methoxy groups -OCH3 is 2. The molecule has 3 aromatic rings. The zero-order valence-corrected chi connectivity index (χ0v) is 19.6. The molecule has 0 saturated carbocycles. The van der Waals surface area contributed by atoms with Gasteiger partial charge in [-0.15, -0.1) is 11.8 Å². The number of carbonyl (C=O) groups is 1. The predicted octanol–water partition coefficient (Wildman–Crippen LogP) is 4.63. The van der Waals surface area contributed by atoms with Gasteiger partial charge in [0.25, 0.3) is 5.91 Å². The maximum Gasteiger partial charge on any atom is 0.260 e. The Kier molecular flexibility index (Phi) is 7.58. The van der Waals surface area contributed by atoms with E-state index in [1.165, 1.54) is 11.3 Å². The molecule has 0 fully saturated rings. The number of rotatable bonds is 9. The van der Waals surface area contributed by atoms with Crippen LogP contribution in [0.5, 0.6) is 11.5 Å². The van der Waals surface area contributed by atoms with Crippen molar-refractivity contribution in [1.29, 1.82) is 0 Å². The fraction of sp³-hybridized carbons (Fsp3) is 0.364. The number of hydrogen-bond donors (Lipinski definition) is 0. The fourth-order valence-electron chi connectivity index (χ4n) is 2.99. The van der Waals surface area contributed by atoms with Crippen LogP contribution in [0.15, 0.2) is 41.3 Å². The number of likely N-dealkylation sites (N-methyl/N-ethyl adjacent to an activating group) is 1. The summed E-state index contributed by atoms with van der Waals surface area (Å²) in [5, 5.41) is 0.631. The van der Waals surface area contributed by atoms with E-state index in [9.17, 15) is 4.79 Å². The molecule has 30 heavy (non-hydrogen) atoms. The lowest BCUT2D eigenvalue weighted by Crippen LogP contribution is -2.36. The third kappa shape index (κ3) is 4.88. The molecule has 1 amide bonds. The van der Waals surface area contributed by atoms with Crippen molar-refractivity contribution in [3.8, 4) is 11.5 Å². The van der Waals surface area contributed by atoms with Crippen molar-refractivity contribution >= 4 is 44.4 Å². The molecule has 6 nitrogen and oxygen atoms in total. The van der Waals surface area contributed by atoms with Gasteiger partial charge in [0, 0.05) is 23.5 Å².